The highest BCUT2D eigenvalue weighted by molar-refractivity contribution is 5.94. The predicted octanol–water partition coefficient (Wildman–Crippen LogP) is 5.07. The van der Waals surface area contributed by atoms with Crippen molar-refractivity contribution in [3.63, 3.8) is 0 Å². The highest BCUT2D eigenvalue weighted by atomic mass is 16.5. The van der Waals surface area contributed by atoms with E-state index in [0.717, 1.165) is 54.0 Å². The minimum absolute atomic E-state index is 0.0190. The molecule has 1 amide bonds. The number of nitrogens with one attached hydrogen (secondary N) is 1. The van der Waals surface area contributed by atoms with Crippen molar-refractivity contribution in [3.8, 4) is 11.5 Å². The Hall–Kier alpha value is -4.13. The molecule has 35 heavy (non-hydrogen) atoms. The van der Waals surface area contributed by atoms with Gasteiger partial charge in [-0.3, -0.25) is 4.79 Å². The van der Waals surface area contributed by atoms with E-state index in [4.69, 9.17) is 9.47 Å². The van der Waals surface area contributed by atoms with Crippen molar-refractivity contribution in [1.82, 2.24) is 9.97 Å². The zero-order valence-electron chi connectivity index (χ0n) is 19.7. The number of methoxy groups -OCH3 is 1. The second-order valence-corrected chi connectivity index (χ2v) is 8.56. The summed E-state index contributed by atoms with van der Waals surface area (Å²) in [6.45, 7) is 1.89. The van der Waals surface area contributed by atoms with Crippen LogP contribution in [0.3, 0.4) is 0 Å². The Balaban J connectivity index is 1.22. The molecule has 7 nitrogen and oxygen atoms in total. The van der Waals surface area contributed by atoms with Crippen LogP contribution >= 0.6 is 0 Å². The Morgan fingerprint density at radius 2 is 1.66 bits per heavy atom. The fraction of sp³-hybridized carbons (Fsp3) is 0.250. The standard InChI is InChI=1S/C28H28N4O3/c1-34-25-12-6-2-8-21(25)18-35-26-13-7-5-11-24(26)31-28(33)20-14-16-32(17-15-20)27-22-9-3-4-10-23(22)29-19-30-27/h2-13,19-20H,14-18H2,1H3,(H,31,33). The van der Waals surface area contributed by atoms with Crippen LogP contribution in [0.5, 0.6) is 11.5 Å². The number of hydrogen-bond donors (Lipinski definition) is 1. The molecule has 3 aromatic carbocycles. The topological polar surface area (TPSA) is 76.6 Å². The molecule has 1 N–H and O–H groups in total. The average Bonchev–Trinajstić information content (AvgIpc) is 2.92. The number of amides is 1. The van der Waals surface area contributed by atoms with Crippen LogP contribution in [0.25, 0.3) is 10.9 Å². The van der Waals surface area contributed by atoms with Gasteiger partial charge in [0.05, 0.1) is 18.3 Å². The largest absolute Gasteiger partial charge is 0.496 e. The van der Waals surface area contributed by atoms with Gasteiger partial charge in [-0.15, -0.1) is 0 Å². The molecule has 0 spiro atoms. The van der Waals surface area contributed by atoms with Crippen LogP contribution in [0.4, 0.5) is 11.5 Å². The molecule has 7 heteroatoms. The molecule has 0 aliphatic carbocycles. The Morgan fingerprint density at radius 1 is 0.943 bits per heavy atom. The first-order chi connectivity index (χ1) is 17.2. The molecule has 0 saturated carbocycles. The number of aromatic nitrogens is 2. The quantitative estimate of drug-likeness (QED) is 0.408. The lowest BCUT2D eigenvalue weighted by atomic mass is 9.95. The third-order valence-electron chi connectivity index (χ3n) is 6.41. The first-order valence-corrected chi connectivity index (χ1v) is 11.8. The summed E-state index contributed by atoms with van der Waals surface area (Å²) in [7, 11) is 1.64. The fourth-order valence-corrected chi connectivity index (χ4v) is 4.50. The second-order valence-electron chi connectivity index (χ2n) is 8.56. The Labute approximate surface area is 204 Å². The number of anilines is 2. The number of rotatable bonds is 7. The van der Waals surface area contributed by atoms with E-state index >= 15 is 0 Å². The van der Waals surface area contributed by atoms with Crippen molar-refractivity contribution < 1.29 is 14.3 Å². The van der Waals surface area contributed by atoms with Crippen LogP contribution in [0.15, 0.2) is 79.1 Å². The average molecular weight is 469 g/mol. The van der Waals surface area contributed by atoms with Crippen LogP contribution < -0.4 is 19.7 Å². The van der Waals surface area contributed by atoms with Gasteiger partial charge < -0.3 is 19.7 Å². The lowest BCUT2D eigenvalue weighted by Crippen LogP contribution is -2.38. The van der Waals surface area contributed by atoms with Gasteiger partial charge in [-0.25, -0.2) is 9.97 Å². The van der Waals surface area contributed by atoms with Crippen molar-refractivity contribution in [2.75, 3.05) is 30.4 Å². The van der Waals surface area contributed by atoms with Gasteiger partial charge in [0.2, 0.25) is 5.91 Å². The smallest absolute Gasteiger partial charge is 0.227 e. The summed E-state index contributed by atoms with van der Waals surface area (Å²) in [5, 5.41) is 4.13. The zero-order chi connectivity index (χ0) is 24.0. The molecular weight excluding hydrogens is 440 g/mol. The SMILES string of the molecule is COc1ccccc1COc1ccccc1NC(=O)C1CCN(c2ncnc3ccccc23)CC1. The van der Waals surface area contributed by atoms with E-state index in [2.05, 4.69) is 20.2 Å². The molecule has 0 atom stereocenters. The van der Waals surface area contributed by atoms with E-state index in [1.165, 1.54) is 0 Å². The molecule has 1 aliphatic heterocycles. The molecule has 178 valence electrons. The molecule has 2 heterocycles. The maximum absolute atomic E-state index is 13.1. The molecule has 0 bridgehead atoms. The first kappa shape index (κ1) is 22.7. The van der Waals surface area contributed by atoms with Crippen LogP contribution in [0.2, 0.25) is 0 Å². The number of carbonyl (C=O) groups is 1. The molecule has 1 aliphatic rings. The lowest BCUT2D eigenvalue weighted by molar-refractivity contribution is -0.120. The van der Waals surface area contributed by atoms with Crippen molar-refractivity contribution in [3.05, 3.63) is 84.7 Å². The lowest BCUT2D eigenvalue weighted by Gasteiger charge is -2.32. The number of para-hydroxylation sites is 4. The monoisotopic (exact) mass is 468 g/mol. The third kappa shape index (κ3) is 5.04. The van der Waals surface area contributed by atoms with Gasteiger partial charge in [0.15, 0.2) is 0 Å². The number of ether oxygens (including phenoxy) is 2. The molecule has 0 radical (unpaired) electrons. The van der Waals surface area contributed by atoms with Crippen molar-refractivity contribution >= 4 is 28.3 Å². The summed E-state index contributed by atoms with van der Waals surface area (Å²) in [6.07, 6.45) is 3.13. The summed E-state index contributed by atoms with van der Waals surface area (Å²) in [5.41, 5.74) is 2.56. The third-order valence-corrected chi connectivity index (χ3v) is 6.41. The Morgan fingerprint density at radius 3 is 2.49 bits per heavy atom. The highest BCUT2D eigenvalue weighted by Gasteiger charge is 2.27. The van der Waals surface area contributed by atoms with Crippen LogP contribution in [-0.2, 0) is 11.4 Å². The van der Waals surface area contributed by atoms with Gasteiger partial charge in [-0.1, -0.05) is 42.5 Å². The zero-order valence-corrected chi connectivity index (χ0v) is 19.7. The minimum atomic E-state index is -0.0679. The maximum atomic E-state index is 13.1. The maximum Gasteiger partial charge on any atom is 0.227 e. The summed E-state index contributed by atoms with van der Waals surface area (Å²) in [5.74, 6) is 2.30. The number of piperidine rings is 1. The van der Waals surface area contributed by atoms with Gasteiger partial charge in [-0.05, 0) is 43.2 Å². The van der Waals surface area contributed by atoms with E-state index in [1.807, 2.05) is 72.8 Å². The molecule has 1 fully saturated rings. The van der Waals surface area contributed by atoms with Gasteiger partial charge >= 0.3 is 0 Å². The van der Waals surface area contributed by atoms with Crippen molar-refractivity contribution in [2.45, 2.75) is 19.4 Å². The van der Waals surface area contributed by atoms with Crippen LogP contribution in [0, 0.1) is 5.92 Å². The van der Waals surface area contributed by atoms with E-state index in [0.29, 0.717) is 18.0 Å². The van der Waals surface area contributed by atoms with Crippen molar-refractivity contribution in [1.29, 1.82) is 0 Å². The molecule has 5 rings (SSSR count). The normalized spacial score (nSPS) is 14.0. The Bertz CT molecular complexity index is 1310. The van der Waals surface area contributed by atoms with Crippen molar-refractivity contribution in [2.24, 2.45) is 5.92 Å². The highest BCUT2D eigenvalue weighted by Crippen LogP contribution is 2.30. The van der Waals surface area contributed by atoms with E-state index in [1.54, 1.807) is 13.4 Å². The molecule has 0 unspecified atom stereocenters. The minimum Gasteiger partial charge on any atom is -0.496 e. The number of fused-ring (bicyclic) bond motifs is 1. The predicted molar refractivity (Wildman–Crippen MR) is 137 cm³/mol. The molecule has 1 saturated heterocycles. The molecule has 4 aromatic rings. The molecular formula is C28H28N4O3. The number of hydrogen-bond acceptors (Lipinski definition) is 6. The van der Waals surface area contributed by atoms with E-state index in [9.17, 15) is 4.79 Å². The van der Waals surface area contributed by atoms with E-state index in [-0.39, 0.29) is 11.8 Å². The van der Waals surface area contributed by atoms with Gasteiger partial charge in [0.25, 0.3) is 0 Å². The summed E-state index contributed by atoms with van der Waals surface area (Å²) in [6, 6.07) is 23.3. The number of carbonyl (C=O) groups excluding carboxylic acids is 1. The summed E-state index contributed by atoms with van der Waals surface area (Å²) >= 11 is 0. The van der Waals surface area contributed by atoms with Crippen LogP contribution in [0.1, 0.15) is 18.4 Å². The summed E-state index contributed by atoms with van der Waals surface area (Å²) in [4.78, 5) is 24.3. The Kier molecular flexibility index (Phi) is 6.75. The number of nitrogens with zero attached hydrogens (tertiary/aromatic N) is 3. The second kappa shape index (κ2) is 10.4. The summed E-state index contributed by atoms with van der Waals surface area (Å²) < 4.78 is 11.5. The first-order valence-electron chi connectivity index (χ1n) is 11.8. The fourth-order valence-electron chi connectivity index (χ4n) is 4.50. The van der Waals surface area contributed by atoms with Gasteiger partial charge in [-0.2, -0.15) is 0 Å². The van der Waals surface area contributed by atoms with E-state index < -0.39 is 0 Å². The van der Waals surface area contributed by atoms with Crippen LogP contribution in [-0.4, -0.2) is 36.1 Å². The van der Waals surface area contributed by atoms with Gasteiger partial charge in [0.1, 0.15) is 30.3 Å². The van der Waals surface area contributed by atoms with Gasteiger partial charge in [0, 0.05) is 30.0 Å². The molecule has 1 aromatic heterocycles. The number of benzene rings is 3.